The maximum Gasteiger partial charge on any atom is 0.410 e. The second-order valence-corrected chi connectivity index (χ2v) is 10.8. The fourth-order valence-electron chi connectivity index (χ4n) is 3.64. The molecule has 1 fully saturated rings. The molecule has 7 nitrogen and oxygen atoms in total. The number of carbonyl (C=O) groups is 1. The van der Waals surface area contributed by atoms with Crippen molar-refractivity contribution in [1.82, 2.24) is 14.2 Å². The van der Waals surface area contributed by atoms with Crippen LogP contribution in [0, 0.1) is 0 Å². The van der Waals surface area contributed by atoms with Gasteiger partial charge in [0.25, 0.3) is 0 Å². The summed E-state index contributed by atoms with van der Waals surface area (Å²) in [4.78, 5) is 18.4. The lowest BCUT2D eigenvalue weighted by Crippen LogP contribution is -2.50. The predicted octanol–water partition coefficient (Wildman–Crippen LogP) is 4.30. The molecule has 0 aliphatic carbocycles. The van der Waals surface area contributed by atoms with E-state index in [4.69, 9.17) is 16.3 Å². The first-order chi connectivity index (χ1) is 14.0. The van der Waals surface area contributed by atoms with E-state index in [0.717, 1.165) is 0 Å². The van der Waals surface area contributed by atoms with Crippen LogP contribution in [0.4, 0.5) is 4.79 Å². The van der Waals surface area contributed by atoms with E-state index in [1.54, 1.807) is 29.3 Å². The normalized spacial score (nSPS) is 19.4. The van der Waals surface area contributed by atoms with Crippen molar-refractivity contribution in [3.05, 3.63) is 35.6 Å². The molecule has 1 saturated heterocycles. The molecule has 0 unspecified atom stereocenters. The lowest BCUT2D eigenvalue weighted by molar-refractivity contribution is 0.0198. The van der Waals surface area contributed by atoms with Crippen molar-refractivity contribution in [1.29, 1.82) is 0 Å². The van der Waals surface area contributed by atoms with Crippen molar-refractivity contribution >= 4 is 38.5 Å². The highest BCUT2D eigenvalue weighted by Gasteiger charge is 2.34. The van der Waals surface area contributed by atoms with Gasteiger partial charge in [0.15, 0.2) is 0 Å². The molecule has 0 bridgehead atoms. The van der Waals surface area contributed by atoms with Gasteiger partial charge in [-0.3, -0.25) is 4.98 Å². The number of hydrogen-bond donors (Lipinski definition) is 0. The Morgan fingerprint density at radius 1 is 1.20 bits per heavy atom. The Morgan fingerprint density at radius 3 is 2.60 bits per heavy atom. The van der Waals surface area contributed by atoms with Crippen molar-refractivity contribution in [3.8, 4) is 0 Å². The summed E-state index contributed by atoms with van der Waals surface area (Å²) in [7, 11) is -3.84. The maximum absolute atomic E-state index is 13.6. The third-order valence-corrected chi connectivity index (χ3v) is 7.31. The molecule has 3 rings (SSSR count). The van der Waals surface area contributed by atoms with Gasteiger partial charge in [-0.05, 0) is 46.6 Å². The van der Waals surface area contributed by atoms with E-state index in [9.17, 15) is 13.2 Å². The molecule has 0 saturated carbocycles. The number of sulfonamides is 1. The summed E-state index contributed by atoms with van der Waals surface area (Å²) in [5, 5.41) is 1.42. The molecule has 1 aromatic heterocycles. The van der Waals surface area contributed by atoms with Crippen molar-refractivity contribution < 1.29 is 17.9 Å². The molecule has 0 N–H and O–H groups in total. The lowest BCUT2D eigenvalue weighted by Gasteiger charge is -2.36. The minimum Gasteiger partial charge on any atom is -0.444 e. The molecule has 0 radical (unpaired) electrons. The smallest absolute Gasteiger partial charge is 0.410 e. The standard InChI is InChI=1S/C21H28ClN3O4S/c1-15-14-24(20(26)29-21(2,3)4)10-5-6-11-25(15)30(27,28)18-9-7-8-16-12-23-13-17(22)19(16)18/h7-9,12-13,15H,5-6,10-11,14H2,1-4H3/t15-/m0/s1. The highest BCUT2D eigenvalue weighted by Crippen LogP contribution is 2.32. The Hall–Kier alpha value is -1.90. The van der Waals surface area contributed by atoms with Crippen LogP contribution in [0.2, 0.25) is 5.02 Å². The van der Waals surface area contributed by atoms with Crippen LogP contribution in [-0.2, 0) is 14.8 Å². The van der Waals surface area contributed by atoms with Gasteiger partial charge in [-0.1, -0.05) is 23.7 Å². The lowest BCUT2D eigenvalue weighted by atomic mass is 10.2. The van der Waals surface area contributed by atoms with E-state index in [1.165, 1.54) is 10.5 Å². The predicted molar refractivity (Wildman–Crippen MR) is 117 cm³/mol. The third kappa shape index (κ3) is 4.87. The average molecular weight is 454 g/mol. The highest BCUT2D eigenvalue weighted by molar-refractivity contribution is 7.89. The van der Waals surface area contributed by atoms with Crippen LogP contribution in [0.3, 0.4) is 0 Å². The topological polar surface area (TPSA) is 79.8 Å². The van der Waals surface area contributed by atoms with E-state index in [-0.39, 0.29) is 11.4 Å². The summed E-state index contributed by atoms with van der Waals surface area (Å²) < 4.78 is 34.3. The van der Waals surface area contributed by atoms with Gasteiger partial charge in [-0.2, -0.15) is 4.31 Å². The molecular weight excluding hydrogens is 426 g/mol. The molecule has 1 amide bonds. The van der Waals surface area contributed by atoms with E-state index >= 15 is 0 Å². The van der Waals surface area contributed by atoms with E-state index in [0.29, 0.717) is 41.7 Å². The van der Waals surface area contributed by atoms with Gasteiger partial charge >= 0.3 is 6.09 Å². The number of pyridine rings is 1. The Balaban J connectivity index is 1.94. The number of halogens is 1. The van der Waals surface area contributed by atoms with Crippen molar-refractivity contribution in [2.24, 2.45) is 0 Å². The first-order valence-electron chi connectivity index (χ1n) is 10.0. The Kier molecular flexibility index (Phi) is 6.60. The number of ether oxygens (including phenoxy) is 1. The molecular formula is C21H28ClN3O4S. The van der Waals surface area contributed by atoms with Crippen LogP contribution >= 0.6 is 11.6 Å². The molecule has 30 heavy (non-hydrogen) atoms. The van der Waals surface area contributed by atoms with Gasteiger partial charge in [0.05, 0.1) is 9.92 Å². The summed E-state index contributed by atoms with van der Waals surface area (Å²) in [6.07, 6.45) is 3.96. The third-order valence-electron chi connectivity index (χ3n) is 4.97. The van der Waals surface area contributed by atoms with Crippen molar-refractivity contribution in [2.45, 2.75) is 57.1 Å². The quantitative estimate of drug-likeness (QED) is 0.677. The van der Waals surface area contributed by atoms with E-state index in [1.807, 2.05) is 27.7 Å². The minimum absolute atomic E-state index is 0.156. The Morgan fingerprint density at radius 2 is 1.90 bits per heavy atom. The number of nitrogens with zero attached hydrogens (tertiary/aromatic N) is 3. The zero-order valence-corrected chi connectivity index (χ0v) is 19.3. The molecule has 1 aliphatic heterocycles. The average Bonchev–Trinajstić information content (AvgIpc) is 2.63. The molecule has 164 valence electrons. The van der Waals surface area contributed by atoms with Gasteiger partial charge in [-0.25, -0.2) is 13.2 Å². The molecule has 0 spiro atoms. The van der Waals surface area contributed by atoms with Crippen LogP contribution < -0.4 is 0 Å². The number of fused-ring (bicyclic) bond motifs is 1. The fraction of sp³-hybridized carbons (Fsp3) is 0.524. The first-order valence-corrected chi connectivity index (χ1v) is 11.8. The first kappa shape index (κ1) is 22.8. The van der Waals surface area contributed by atoms with Gasteiger partial charge in [0.2, 0.25) is 10.0 Å². The van der Waals surface area contributed by atoms with Crippen LogP contribution in [0.15, 0.2) is 35.5 Å². The second-order valence-electron chi connectivity index (χ2n) is 8.57. The number of amides is 1. The largest absolute Gasteiger partial charge is 0.444 e. The van der Waals surface area contributed by atoms with Crippen LogP contribution in [-0.4, -0.2) is 60.0 Å². The number of aromatic nitrogens is 1. The Labute approximate surface area is 183 Å². The van der Waals surface area contributed by atoms with Crippen LogP contribution in [0.1, 0.15) is 40.5 Å². The molecule has 1 aromatic carbocycles. The van der Waals surface area contributed by atoms with Crippen LogP contribution in [0.5, 0.6) is 0 Å². The number of hydrogen-bond acceptors (Lipinski definition) is 5. The molecule has 2 heterocycles. The maximum atomic E-state index is 13.6. The number of carbonyl (C=O) groups excluding carboxylic acids is 1. The molecule has 1 atom stereocenters. The van der Waals surface area contributed by atoms with Gasteiger partial charge in [0, 0.05) is 48.8 Å². The zero-order chi connectivity index (χ0) is 22.1. The fourth-order valence-corrected chi connectivity index (χ4v) is 5.86. The monoisotopic (exact) mass is 453 g/mol. The summed E-state index contributed by atoms with van der Waals surface area (Å²) in [6, 6.07) is 4.63. The number of benzene rings is 1. The van der Waals surface area contributed by atoms with Gasteiger partial charge in [-0.15, -0.1) is 0 Å². The van der Waals surface area contributed by atoms with Gasteiger partial charge in [0.1, 0.15) is 5.60 Å². The number of rotatable bonds is 2. The summed E-state index contributed by atoms with van der Waals surface area (Å²) in [5.41, 5.74) is -0.609. The van der Waals surface area contributed by atoms with E-state index < -0.39 is 27.8 Å². The molecule has 2 aromatic rings. The van der Waals surface area contributed by atoms with Crippen LogP contribution in [0.25, 0.3) is 10.8 Å². The zero-order valence-electron chi connectivity index (χ0n) is 17.8. The SMILES string of the molecule is C[C@H]1CN(C(=O)OC(C)(C)C)CCCCN1S(=O)(=O)c1cccc2cncc(Cl)c12. The second kappa shape index (κ2) is 8.69. The minimum atomic E-state index is -3.84. The van der Waals surface area contributed by atoms with Gasteiger partial charge < -0.3 is 9.64 Å². The van der Waals surface area contributed by atoms with E-state index in [2.05, 4.69) is 4.98 Å². The Bertz CT molecular complexity index is 1030. The summed E-state index contributed by atoms with van der Waals surface area (Å²) in [5.74, 6) is 0. The summed E-state index contributed by atoms with van der Waals surface area (Å²) >= 11 is 6.31. The highest BCUT2D eigenvalue weighted by atomic mass is 35.5. The molecule has 1 aliphatic rings. The molecule has 9 heteroatoms. The summed E-state index contributed by atoms with van der Waals surface area (Å²) in [6.45, 7) is 8.43. The van der Waals surface area contributed by atoms with Crippen molar-refractivity contribution in [2.75, 3.05) is 19.6 Å². The van der Waals surface area contributed by atoms with Crippen molar-refractivity contribution in [3.63, 3.8) is 0 Å².